The molecule has 0 aromatic heterocycles. The summed E-state index contributed by atoms with van der Waals surface area (Å²) in [7, 11) is 0. The van der Waals surface area contributed by atoms with E-state index in [1.807, 2.05) is 32.0 Å². The zero-order chi connectivity index (χ0) is 20.0. The van der Waals surface area contributed by atoms with Crippen molar-refractivity contribution in [2.24, 2.45) is 10.7 Å². The number of aryl methyl sites for hydroxylation is 2. The smallest absolute Gasteiger partial charge is 0.416 e. The minimum absolute atomic E-state index is 0. The monoisotopic (exact) mass is 509 g/mol. The lowest BCUT2D eigenvalue weighted by Crippen LogP contribution is -2.27. The highest BCUT2D eigenvalue weighted by molar-refractivity contribution is 14.0. The molecule has 0 amide bonds. The van der Waals surface area contributed by atoms with Crippen LogP contribution in [0.5, 0.6) is 5.75 Å². The number of rotatable bonds is 6. The molecule has 0 aliphatic rings. The van der Waals surface area contributed by atoms with Gasteiger partial charge in [-0.15, -0.1) is 24.0 Å². The predicted octanol–water partition coefficient (Wildman–Crippen LogP) is 4.11. The minimum Gasteiger partial charge on any atom is -0.491 e. The van der Waals surface area contributed by atoms with Gasteiger partial charge in [-0.25, -0.2) is 0 Å². The van der Waals surface area contributed by atoms with Crippen LogP contribution in [0.1, 0.15) is 16.7 Å². The maximum Gasteiger partial charge on any atom is 0.416 e. The van der Waals surface area contributed by atoms with Gasteiger partial charge in [0.15, 0.2) is 5.96 Å². The molecule has 5 nitrogen and oxygen atoms in total. The van der Waals surface area contributed by atoms with Gasteiger partial charge in [0.25, 0.3) is 0 Å². The molecule has 0 saturated carbocycles. The number of benzene rings is 2. The number of hydrogen-bond acceptors (Lipinski definition) is 3. The number of aliphatic imine (C=N–C) groups is 1. The van der Waals surface area contributed by atoms with Crippen LogP contribution < -0.4 is 15.8 Å². The number of anilines is 1. The van der Waals surface area contributed by atoms with Crippen LogP contribution in [0.15, 0.2) is 47.5 Å². The first-order valence-electron chi connectivity index (χ1n) is 8.27. The number of aliphatic hydroxyl groups is 1. The number of nitrogens with two attached hydrogens (primary N) is 1. The maximum atomic E-state index is 12.7. The van der Waals surface area contributed by atoms with Crippen LogP contribution >= 0.6 is 24.0 Å². The fraction of sp³-hybridized carbons (Fsp3) is 0.316. The van der Waals surface area contributed by atoms with E-state index in [-0.39, 0.29) is 48.8 Å². The van der Waals surface area contributed by atoms with E-state index >= 15 is 0 Å². The third-order valence-corrected chi connectivity index (χ3v) is 3.86. The first-order chi connectivity index (χ1) is 12.6. The number of alkyl halides is 3. The summed E-state index contributed by atoms with van der Waals surface area (Å²) in [6.07, 6.45) is -5.46. The van der Waals surface area contributed by atoms with Gasteiger partial charge >= 0.3 is 6.18 Å². The van der Waals surface area contributed by atoms with Crippen LogP contribution in [0.3, 0.4) is 0 Å². The van der Waals surface area contributed by atoms with E-state index in [1.165, 1.54) is 12.1 Å². The van der Waals surface area contributed by atoms with Crippen LogP contribution in [0.2, 0.25) is 0 Å². The van der Waals surface area contributed by atoms with Crippen molar-refractivity contribution in [2.75, 3.05) is 18.5 Å². The molecule has 2 aromatic carbocycles. The Morgan fingerprint density at radius 3 is 2.54 bits per heavy atom. The molecule has 1 atom stereocenters. The van der Waals surface area contributed by atoms with Crippen molar-refractivity contribution in [1.82, 2.24) is 0 Å². The van der Waals surface area contributed by atoms with Gasteiger partial charge in [-0.2, -0.15) is 13.2 Å². The lowest BCUT2D eigenvalue weighted by Gasteiger charge is -2.13. The van der Waals surface area contributed by atoms with Crippen LogP contribution in [-0.4, -0.2) is 30.3 Å². The molecular formula is C19H23F3IN3O2. The molecule has 4 N–H and O–H groups in total. The van der Waals surface area contributed by atoms with Gasteiger partial charge in [-0.05, 0) is 55.3 Å². The molecule has 1 unspecified atom stereocenters. The van der Waals surface area contributed by atoms with Crippen molar-refractivity contribution in [3.05, 3.63) is 59.2 Å². The van der Waals surface area contributed by atoms with Crippen LogP contribution in [-0.2, 0) is 6.18 Å². The summed E-state index contributed by atoms with van der Waals surface area (Å²) in [5.74, 6) is 0.144. The number of halogens is 4. The summed E-state index contributed by atoms with van der Waals surface area (Å²) >= 11 is 0. The fourth-order valence-electron chi connectivity index (χ4n) is 2.22. The summed E-state index contributed by atoms with van der Waals surface area (Å²) in [5.41, 5.74) is 7.99. The molecule has 0 heterocycles. The van der Waals surface area contributed by atoms with Crippen molar-refractivity contribution in [3.8, 4) is 5.75 Å². The van der Waals surface area contributed by atoms with E-state index < -0.39 is 17.8 Å². The Labute approximate surface area is 178 Å². The summed E-state index contributed by atoms with van der Waals surface area (Å²) in [4.78, 5) is 4.01. The van der Waals surface area contributed by atoms with Crippen molar-refractivity contribution in [3.63, 3.8) is 0 Å². The molecule has 2 rings (SSSR count). The highest BCUT2D eigenvalue weighted by atomic mass is 127. The largest absolute Gasteiger partial charge is 0.491 e. The van der Waals surface area contributed by atoms with Gasteiger partial charge in [-0.3, -0.25) is 4.99 Å². The molecule has 2 aromatic rings. The predicted molar refractivity (Wildman–Crippen MR) is 114 cm³/mol. The standard InChI is InChI=1S/C19H22F3N3O2.HI/c1-12-6-7-15(8-13(12)2)25-18(23)24-10-16(26)11-27-17-5-3-4-14(9-17)19(20,21)22;/h3-9,16,26H,10-11H2,1-2H3,(H3,23,24,25);1H. The van der Waals surface area contributed by atoms with Crippen molar-refractivity contribution < 1.29 is 23.0 Å². The van der Waals surface area contributed by atoms with Crippen LogP contribution in [0.25, 0.3) is 0 Å². The van der Waals surface area contributed by atoms with E-state index in [4.69, 9.17) is 10.5 Å². The topological polar surface area (TPSA) is 79.9 Å². The summed E-state index contributed by atoms with van der Waals surface area (Å²) in [6.45, 7) is 3.71. The number of aliphatic hydroxyl groups excluding tert-OH is 1. The summed E-state index contributed by atoms with van der Waals surface area (Å²) in [5, 5.41) is 12.8. The van der Waals surface area contributed by atoms with Crippen LogP contribution in [0.4, 0.5) is 18.9 Å². The second kappa shape index (κ2) is 10.5. The zero-order valence-electron chi connectivity index (χ0n) is 15.5. The molecule has 9 heteroatoms. The Kier molecular flexibility index (Phi) is 9.02. The zero-order valence-corrected chi connectivity index (χ0v) is 17.8. The fourth-order valence-corrected chi connectivity index (χ4v) is 2.22. The second-order valence-electron chi connectivity index (χ2n) is 6.14. The third kappa shape index (κ3) is 7.55. The molecule has 0 spiro atoms. The van der Waals surface area contributed by atoms with Gasteiger partial charge in [0.1, 0.15) is 18.5 Å². The average Bonchev–Trinajstić information content (AvgIpc) is 2.61. The van der Waals surface area contributed by atoms with Gasteiger partial charge in [-0.1, -0.05) is 12.1 Å². The van der Waals surface area contributed by atoms with Gasteiger partial charge in [0.2, 0.25) is 0 Å². The van der Waals surface area contributed by atoms with E-state index in [0.29, 0.717) is 0 Å². The molecule has 0 fully saturated rings. The number of nitrogens with zero attached hydrogens (tertiary/aromatic N) is 1. The van der Waals surface area contributed by atoms with Crippen LogP contribution in [0, 0.1) is 13.8 Å². The summed E-state index contributed by atoms with van der Waals surface area (Å²) < 4.78 is 43.2. The first-order valence-corrected chi connectivity index (χ1v) is 8.27. The Morgan fingerprint density at radius 2 is 1.89 bits per heavy atom. The lowest BCUT2D eigenvalue weighted by atomic mass is 10.1. The molecular weight excluding hydrogens is 486 g/mol. The molecule has 28 heavy (non-hydrogen) atoms. The van der Waals surface area contributed by atoms with E-state index in [9.17, 15) is 18.3 Å². The number of hydrogen-bond donors (Lipinski definition) is 3. The normalized spacial score (nSPS) is 12.9. The first kappa shape index (κ1) is 24.0. The maximum absolute atomic E-state index is 12.7. The number of guanidine groups is 1. The van der Waals surface area contributed by atoms with E-state index in [0.717, 1.165) is 28.9 Å². The lowest BCUT2D eigenvalue weighted by molar-refractivity contribution is -0.137. The van der Waals surface area contributed by atoms with Crippen molar-refractivity contribution in [1.29, 1.82) is 0 Å². The van der Waals surface area contributed by atoms with Crippen molar-refractivity contribution in [2.45, 2.75) is 26.1 Å². The average molecular weight is 509 g/mol. The van der Waals surface area contributed by atoms with E-state index in [2.05, 4.69) is 10.3 Å². The second-order valence-corrected chi connectivity index (χ2v) is 6.14. The molecule has 0 saturated heterocycles. The third-order valence-electron chi connectivity index (χ3n) is 3.86. The molecule has 0 aliphatic heterocycles. The molecule has 0 bridgehead atoms. The Morgan fingerprint density at radius 1 is 1.18 bits per heavy atom. The minimum atomic E-state index is -4.45. The number of nitrogens with one attached hydrogen (secondary N) is 1. The number of ether oxygens (including phenoxy) is 1. The van der Waals surface area contributed by atoms with Crippen molar-refractivity contribution >= 4 is 35.6 Å². The Balaban J connectivity index is 0.00000392. The molecule has 154 valence electrons. The highest BCUT2D eigenvalue weighted by Gasteiger charge is 2.30. The van der Waals surface area contributed by atoms with Gasteiger partial charge in [0, 0.05) is 5.69 Å². The molecule has 0 aliphatic carbocycles. The Bertz CT molecular complexity index is 813. The summed E-state index contributed by atoms with van der Waals surface area (Å²) in [6, 6.07) is 10.2. The SMILES string of the molecule is Cc1ccc(NC(N)=NCC(O)COc2cccc(C(F)(F)F)c2)cc1C.I. The quantitative estimate of drug-likeness (QED) is 0.311. The van der Waals surface area contributed by atoms with Gasteiger partial charge < -0.3 is 20.9 Å². The molecule has 0 radical (unpaired) electrons. The highest BCUT2D eigenvalue weighted by Crippen LogP contribution is 2.31. The Hall–Kier alpha value is -2.01. The van der Waals surface area contributed by atoms with E-state index in [1.54, 1.807) is 0 Å². The van der Waals surface area contributed by atoms with Gasteiger partial charge in [0.05, 0.1) is 12.1 Å².